The standard InChI is InChI=1S/C12H16ClNOS/c1-8-9(2)14(6-5-11(8)15)7-10-3-4-12(13)16-10/h3-4,8-9H,5-7H2,1-2H3. The fraction of sp³-hybridized carbons (Fsp3) is 0.583. The second kappa shape index (κ2) is 4.86. The molecule has 1 aliphatic heterocycles. The van der Waals surface area contributed by atoms with Gasteiger partial charge in [0.2, 0.25) is 0 Å². The van der Waals surface area contributed by atoms with E-state index in [4.69, 9.17) is 11.6 Å². The Bertz CT molecular complexity index is 390. The Morgan fingerprint density at radius 3 is 2.88 bits per heavy atom. The molecule has 4 heteroatoms. The van der Waals surface area contributed by atoms with Crippen molar-refractivity contribution in [3.63, 3.8) is 0 Å². The molecule has 1 aliphatic rings. The van der Waals surface area contributed by atoms with Crippen LogP contribution in [0.5, 0.6) is 0 Å². The van der Waals surface area contributed by atoms with Gasteiger partial charge in [-0.15, -0.1) is 11.3 Å². The summed E-state index contributed by atoms with van der Waals surface area (Å²) in [6, 6.07) is 4.34. The molecule has 2 heterocycles. The van der Waals surface area contributed by atoms with E-state index < -0.39 is 0 Å². The zero-order chi connectivity index (χ0) is 11.7. The maximum atomic E-state index is 11.6. The zero-order valence-electron chi connectivity index (χ0n) is 9.57. The quantitative estimate of drug-likeness (QED) is 0.811. The first kappa shape index (κ1) is 12.1. The van der Waals surface area contributed by atoms with Crippen LogP contribution in [0.25, 0.3) is 0 Å². The summed E-state index contributed by atoms with van der Waals surface area (Å²) in [5, 5.41) is 0. The Hall–Kier alpha value is -0.380. The van der Waals surface area contributed by atoms with Crippen LogP contribution in [0.4, 0.5) is 0 Å². The van der Waals surface area contributed by atoms with E-state index in [9.17, 15) is 4.79 Å². The van der Waals surface area contributed by atoms with Gasteiger partial charge in [0.1, 0.15) is 5.78 Å². The van der Waals surface area contributed by atoms with Gasteiger partial charge in [-0.05, 0) is 19.1 Å². The van der Waals surface area contributed by atoms with Gasteiger partial charge in [0.15, 0.2) is 0 Å². The first-order valence-corrected chi connectivity index (χ1v) is 6.78. The van der Waals surface area contributed by atoms with Crippen LogP contribution in [0.2, 0.25) is 4.34 Å². The molecule has 2 atom stereocenters. The van der Waals surface area contributed by atoms with Crippen molar-refractivity contribution in [3.8, 4) is 0 Å². The summed E-state index contributed by atoms with van der Waals surface area (Å²) >= 11 is 7.54. The van der Waals surface area contributed by atoms with E-state index in [-0.39, 0.29) is 5.92 Å². The molecular weight excluding hydrogens is 242 g/mol. The molecule has 1 aromatic rings. The van der Waals surface area contributed by atoms with Crippen LogP contribution in [-0.4, -0.2) is 23.3 Å². The lowest BCUT2D eigenvalue weighted by Gasteiger charge is -2.36. The van der Waals surface area contributed by atoms with E-state index in [1.165, 1.54) is 4.88 Å². The molecule has 0 saturated carbocycles. The van der Waals surface area contributed by atoms with E-state index in [1.54, 1.807) is 11.3 Å². The lowest BCUT2D eigenvalue weighted by atomic mass is 9.91. The van der Waals surface area contributed by atoms with Crippen LogP contribution in [0, 0.1) is 5.92 Å². The maximum absolute atomic E-state index is 11.6. The molecule has 0 N–H and O–H groups in total. The van der Waals surface area contributed by atoms with Crippen molar-refractivity contribution in [2.45, 2.75) is 32.9 Å². The molecule has 88 valence electrons. The highest BCUT2D eigenvalue weighted by Crippen LogP contribution is 2.26. The van der Waals surface area contributed by atoms with Crippen LogP contribution in [0.3, 0.4) is 0 Å². The molecule has 0 aromatic carbocycles. The van der Waals surface area contributed by atoms with Gasteiger partial charge in [-0.2, -0.15) is 0 Å². The summed E-state index contributed by atoms with van der Waals surface area (Å²) in [6.45, 7) is 5.95. The molecule has 2 nitrogen and oxygen atoms in total. The SMILES string of the molecule is CC1C(=O)CCN(Cc2ccc(Cl)s2)C1C. The second-order valence-corrected chi connectivity index (χ2v) is 6.22. The van der Waals surface area contributed by atoms with E-state index in [2.05, 4.69) is 17.9 Å². The Kier molecular flexibility index (Phi) is 3.67. The Balaban J connectivity index is 2.02. The summed E-state index contributed by atoms with van der Waals surface area (Å²) in [5.41, 5.74) is 0. The molecule has 1 fully saturated rings. The fourth-order valence-corrected chi connectivity index (χ4v) is 3.24. The molecule has 16 heavy (non-hydrogen) atoms. The Labute approximate surface area is 105 Å². The number of piperidine rings is 1. The number of hydrogen-bond acceptors (Lipinski definition) is 3. The van der Waals surface area contributed by atoms with Gasteiger partial charge in [0.25, 0.3) is 0 Å². The first-order chi connectivity index (χ1) is 7.58. The number of Topliss-reactive ketones (excluding diaryl/α,β-unsaturated/α-hetero) is 1. The summed E-state index contributed by atoms with van der Waals surface area (Å²) < 4.78 is 0.837. The molecule has 2 rings (SSSR count). The van der Waals surface area contributed by atoms with Crippen molar-refractivity contribution in [1.82, 2.24) is 4.90 Å². The van der Waals surface area contributed by atoms with Crippen LogP contribution >= 0.6 is 22.9 Å². The van der Waals surface area contributed by atoms with Gasteiger partial charge in [-0.1, -0.05) is 18.5 Å². The molecule has 0 aliphatic carbocycles. The molecule has 0 amide bonds. The number of rotatable bonds is 2. The van der Waals surface area contributed by atoms with Crippen LogP contribution in [0.15, 0.2) is 12.1 Å². The van der Waals surface area contributed by atoms with Crippen molar-refractivity contribution >= 4 is 28.7 Å². The van der Waals surface area contributed by atoms with Gasteiger partial charge >= 0.3 is 0 Å². The summed E-state index contributed by atoms with van der Waals surface area (Å²) in [5.74, 6) is 0.553. The minimum absolute atomic E-state index is 0.157. The normalized spacial score (nSPS) is 27.3. The zero-order valence-corrected chi connectivity index (χ0v) is 11.1. The van der Waals surface area contributed by atoms with Gasteiger partial charge in [0.05, 0.1) is 4.34 Å². The Morgan fingerprint density at radius 2 is 2.25 bits per heavy atom. The van der Waals surface area contributed by atoms with Crippen molar-refractivity contribution < 1.29 is 4.79 Å². The first-order valence-electron chi connectivity index (χ1n) is 5.59. The summed E-state index contributed by atoms with van der Waals surface area (Å²) in [6.07, 6.45) is 0.685. The number of carbonyl (C=O) groups excluding carboxylic acids is 1. The molecule has 1 aromatic heterocycles. The molecule has 2 unspecified atom stereocenters. The topological polar surface area (TPSA) is 20.3 Å². The number of nitrogens with zero attached hydrogens (tertiary/aromatic N) is 1. The molecule has 0 bridgehead atoms. The number of carbonyl (C=O) groups is 1. The molecule has 0 radical (unpaired) electrons. The minimum Gasteiger partial charge on any atom is -0.299 e. The lowest BCUT2D eigenvalue weighted by Crippen LogP contribution is -2.46. The fourth-order valence-electron chi connectivity index (χ4n) is 2.13. The van der Waals surface area contributed by atoms with Crippen molar-refractivity contribution in [2.24, 2.45) is 5.92 Å². The highest BCUT2D eigenvalue weighted by atomic mass is 35.5. The number of hydrogen-bond donors (Lipinski definition) is 0. The number of ketones is 1. The molecule has 0 spiro atoms. The van der Waals surface area contributed by atoms with E-state index in [0.717, 1.165) is 17.4 Å². The number of thiophene rings is 1. The van der Waals surface area contributed by atoms with Crippen LogP contribution in [0.1, 0.15) is 25.1 Å². The average molecular weight is 258 g/mol. The lowest BCUT2D eigenvalue weighted by molar-refractivity contribution is -0.128. The van der Waals surface area contributed by atoms with E-state index in [1.807, 2.05) is 13.0 Å². The third-order valence-corrected chi connectivity index (χ3v) is 4.66. The highest BCUT2D eigenvalue weighted by molar-refractivity contribution is 7.16. The summed E-state index contributed by atoms with van der Waals surface area (Å²) in [4.78, 5) is 15.2. The molecule has 1 saturated heterocycles. The largest absolute Gasteiger partial charge is 0.299 e. The van der Waals surface area contributed by atoms with Crippen molar-refractivity contribution in [2.75, 3.05) is 6.54 Å². The van der Waals surface area contributed by atoms with Crippen LogP contribution in [-0.2, 0) is 11.3 Å². The molecular formula is C12H16ClNOS. The monoisotopic (exact) mass is 257 g/mol. The average Bonchev–Trinajstić information content (AvgIpc) is 2.65. The maximum Gasteiger partial charge on any atom is 0.138 e. The Morgan fingerprint density at radius 1 is 1.50 bits per heavy atom. The predicted molar refractivity (Wildman–Crippen MR) is 68.0 cm³/mol. The van der Waals surface area contributed by atoms with Crippen LogP contribution < -0.4 is 0 Å². The predicted octanol–water partition coefficient (Wildman–Crippen LogP) is 3.20. The van der Waals surface area contributed by atoms with Gasteiger partial charge in [0, 0.05) is 36.3 Å². The third-order valence-electron chi connectivity index (χ3n) is 3.44. The summed E-state index contributed by atoms with van der Waals surface area (Å²) in [7, 11) is 0. The minimum atomic E-state index is 0.157. The van der Waals surface area contributed by atoms with Gasteiger partial charge < -0.3 is 0 Å². The van der Waals surface area contributed by atoms with Crippen molar-refractivity contribution in [1.29, 1.82) is 0 Å². The smallest absolute Gasteiger partial charge is 0.138 e. The number of halogens is 1. The number of likely N-dealkylation sites (tertiary alicyclic amines) is 1. The third kappa shape index (κ3) is 2.47. The van der Waals surface area contributed by atoms with Gasteiger partial charge in [-0.3, -0.25) is 9.69 Å². The highest BCUT2D eigenvalue weighted by Gasteiger charge is 2.30. The second-order valence-electron chi connectivity index (χ2n) is 4.42. The van der Waals surface area contributed by atoms with E-state index in [0.29, 0.717) is 18.2 Å². The van der Waals surface area contributed by atoms with E-state index >= 15 is 0 Å². The van der Waals surface area contributed by atoms with Gasteiger partial charge in [-0.25, -0.2) is 0 Å². The van der Waals surface area contributed by atoms with Crippen molar-refractivity contribution in [3.05, 3.63) is 21.3 Å².